The number of rotatable bonds is 3. The molecule has 0 saturated carbocycles. The number of benzene rings is 2. The second-order valence-electron chi connectivity index (χ2n) is 8.13. The van der Waals surface area contributed by atoms with Crippen molar-refractivity contribution >= 4 is 28.7 Å². The van der Waals surface area contributed by atoms with Crippen LogP contribution in [0, 0.1) is 11.8 Å². The molecule has 1 saturated heterocycles. The lowest BCUT2D eigenvalue weighted by atomic mass is 9.84. The molecule has 1 atom stereocenters. The fourth-order valence-corrected chi connectivity index (χ4v) is 4.75. The maximum atomic E-state index is 6.42. The highest BCUT2D eigenvalue weighted by Crippen LogP contribution is 2.39. The van der Waals surface area contributed by atoms with Gasteiger partial charge in [0, 0.05) is 34.8 Å². The lowest BCUT2D eigenvalue weighted by molar-refractivity contribution is 0.450. The van der Waals surface area contributed by atoms with Crippen LogP contribution >= 0.6 is 11.6 Å². The summed E-state index contributed by atoms with van der Waals surface area (Å²) >= 11 is 6.42. The molecule has 30 heavy (non-hydrogen) atoms. The predicted octanol–water partition coefficient (Wildman–Crippen LogP) is 6.06. The molecule has 5 rings (SSSR count). The molecule has 1 aliphatic carbocycles. The Morgan fingerprint density at radius 3 is 2.70 bits per heavy atom. The SMILES string of the molecule is Clc1ccc2c(c1)N=C(C1CCNCC1)C1C=CC=CC(=C1)N2Cc1ccccc1. The van der Waals surface area contributed by atoms with Crippen molar-refractivity contribution < 1.29 is 0 Å². The molecule has 2 aromatic rings. The van der Waals surface area contributed by atoms with Crippen LogP contribution < -0.4 is 10.2 Å². The fourth-order valence-electron chi connectivity index (χ4n) is 4.59. The van der Waals surface area contributed by atoms with E-state index in [-0.39, 0.29) is 5.92 Å². The third kappa shape index (κ3) is 4.00. The number of nitrogens with one attached hydrogen (secondary N) is 1. The molecule has 2 bridgehead atoms. The van der Waals surface area contributed by atoms with Gasteiger partial charge in [0.25, 0.3) is 0 Å². The molecular formula is C26H26ClN3. The van der Waals surface area contributed by atoms with E-state index in [0.29, 0.717) is 5.92 Å². The lowest BCUT2D eigenvalue weighted by Gasteiger charge is -2.33. The first kappa shape index (κ1) is 19.3. The molecule has 0 radical (unpaired) electrons. The Morgan fingerprint density at radius 1 is 1.03 bits per heavy atom. The van der Waals surface area contributed by atoms with E-state index >= 15 is 0 Å². The monoisotopic (exact) mass is 415 g/mol. The molecule has 3 nitrogen and oxygen atoms in total. The smallest absolute Gasteiger partial charge is 0.0881 e. The number of aliphatic imine (C=N–C) groups is 1. The van der Waals surface area contributed by atoms with E-state index in [0.717, 1.165) is 48.9 Å². The molecule has 1 unspecified atom stereocenters. The average molecular weight is 416 g/mol. The number of allylic oxidation sites excluding steroid dienone is 5. The van der Waals surface area contributed by atoms with Gasteiger partial charge in [-0.15, -0.1) is 0 Å². The molecule has 0 aromatic heterocycles. The van der Waals surface area contributed by atoms with Gasteiger partial charge in [-0.3, -0.25) is 4.99 Å². The summed E-state index contributed by atoms with van der Waals surface area (Å²) in [5.41, 5.74) is 5.80. The van der Waals surface area contributed by atoms with E-state index in [1.54, 1.807) is 0 Å². The maximum Gasteiger partial charge on any atom is 0.0881 e. The van der Waals surface area contributed by atoms with E-state index in [2.05, 4.69) is 77.0 Å². The van der Waals surface area contributed by atoms with E-state index in [1.165, 1.54) is 17.0 Å². The van der Waals surface area contributed by atoms with Gasteiger partial charge in [-0.2, -0.15) is 0 Å². The van der Waals surface area contributed by atoms with Crippen molar-refractivity contribution in [3.05, 3.63) is 95.2 Å². The highest BCUT2D eigenvalue weighted by molar-refractivity contribution is 6.31. The van der Waals surface area contributed by atoms with Crippen molar-refractivity contribution in [3.8, 4) is 0 Å². The molecule has 0 spiro atoms. The van der Waals surface area contributed by atoms with Crippen LogP contribution in [0.3, 0.4) is 0 Å². The number of anilines is 1. The molecule has 1 fully saturated rings. The topological polar surface area (TPSA) is 27.6 Å². The van der Waals surface area contributed by atoms with Gasteiger partial charge in [-0.1, -0.05) is 60.2 Å². The second kappa shape index (κ2) is 8.63. The molecule has 2 aliphatic heterocycles. The summed E-state index contributed by atoms with van der Waals surface area (Å²) in [5, 5.41) is 4.21. The largest absolute Gasteiger partial charge is 0.336 e. The van der Waals surface area contributed by atoms with Crippen LogP contribution in [0.25, 0.3) is 0 Å². The molecule has 2 aromatic carbocycles. The van der Waals surface area contributed by atoms with Gasteiger partial charge in [0.15, 0.2) is 0 Å². The first-order chi connectivity index (χ1) is 14.8. The van der Waals surface area contributed by atoms with Crippen molar-refractivity contribution in [2.75, 3.05) is 18.0 Å². The molecule has 0 amide bonds. The van der Waals surface area contributed by atoms with Crippen LogP contribution in [0.2, 0.25) is 5.02 Å². The Labute approximate surface area is 183 Å². The molecule has 4 heteroatoms. The quantitative estimate of drug-likeness (QED) is 0.659. The van der Waals surface area contributed by atoms with Gasteiger partial charge < -0.3 is 10.2 Å². The Balaban J connectivity index is 1.65. The first-order valence-electron chi connectivity index (χ1n) is 10.7. The summed E-state index contributed by atoms with van der Waals surface area (Å²) in [5.74, 6) is 0.688. The molecule has 3 aliphatic rings. The van der Waals surface area contributed by atoms with Gasteiger partial charge in [-0.05, 0) is 61.8 Å². The number of piperidine rings is 1. The Kier molecular flexibility index (Phi) is 5.56. The maximum absolute atomic E-state index is 6.42. The summed E-state index contributed by atoms with van der Waals surface area (Å²) in [6, 6.07) is 16.7. The summed E-state index contributed by atoms with van der Waals surface area (Å²) in [6.45, 7) is 2.89. The summed E-state index contributed by atoms with van der Waals surface area (Å²) in [6.07, 6.45) is 13.4. The Morgan fingerprint density at radius 2 is 1.87 bits per heavy atom. The molecule has 152 valence electrons. The van der Waals surface area contributed by atoms with Gasteiger partial charge in [0.1, 0.15) is 0 Å². The van der Waals surface area contributed by atoms with Crippen LogP contribution in [0.5, 0.6) is 0 Å². The van der Waals surface area contributed by atoms with Gasteiger partial charge in [-0.25, -0.2) is 0 Å². The van der Waals surface area contributed by atoms with Crippen molar-refractivity contribution in [2.45, 2.75) is 19.4 Å². The summed E-state index contributed by atoms with van der Waals surface area (Å²) < 4.78 is 0. The standard InChI is InChI=1S/C26H26ClN3/c27-22-10-11-25-24(17-22)29-26(20-12-14-28-15-13-20)21-8-4-5-9-23(16-21)30(25)18-19-6-2-1-3-7-19/h1-11,16-17,20-21,28H,12-15,18H2. The zero-order chi connectivity index (χ0) is 20.3. The highest BCUT2D eigenvalue weighted by atomic mass is 35.5. The number of nitrogens with zero attached hydrogens (tertiary/aromatic N) is 2. The van der Waals surface area contributed by atoms with Gasteiger partial charge in [0.05, 0.1) is 11.4 Å². The van der Waals surface area contributed by atoms with Crippen molar-refractivity contribution in [3.63, 3.8) is 0 Å². The summed E-state index contributed by atoms with van der Waals surface area (Å²) in [4.78, 5) is 7.64. The number of halogens is 1. The zero-order valence-corrected chi connectivity index (χ0v) is 17.7. The summed E-state index contributed by atoms with van der Waals surface area (Å²) in [7, 11) is 0. The van der Waals surface area contributed by atoms with E-state index in [1.807, 2.05) is 12.1 Å². The minimum atomic E-state index is 0.198. The Hall–Kier alpha value is -2.62. The Bertz CT molecular complexity index is 1030. The normalized spacial score (nSPS) is 21.2. The average Bonchev–Trinajstić information content (AvgIpc) is 3.04. The predicted molar refractivity (Wildman–Crippen MR) is 127 cm³/mol. The van der Waals surface area contributed by atoms with Crippen LogP contribution in [0.4, 0.5) is 11.4 Å². The molecule has 2 heterocycles. The second-order valence-corrected chi connectivity index (χ2v) is 8.56. The third-order valence-electron chi connectivity index (χ3n) is 6.12. The number of hydrogen-bond acceptors (Lipinski definition) is 3. The van der Waals surface area contributed by atoms with Gasteiger partial charge in [0.2, 0.25) is 0 Å². The van der Waals surface area contributed by atoms with Crippen molar-refractivity contribution in [1.29, 1.82) is 0 Å². The lowest BCUT2D eigenvalue weighted by Crippen LogP contribution is -2.35. The van der Waals surface area contributed by atoms with Crippen molar-refractivity contribution in [2.24, 2.45) is 16.8 Å². The minimum absolute atomic E-state index is 0.198. The molecule has 1 N–H and O–H groups in total. The van der Waals surface area contributed by atoms with Crippen LogP contribution in [0.15, 0.2) is 89.6 Å². The van der Waals surface area contributed by atoms with E-state index < -0.39 is 0 Å². The van der Waals surface area contributed by atoms with Crippen LogP contribution in [-0.4, -0.2) is 18.8 Å². The van der Waals surface area contributed by atoms with E-state index in [4.69, 9.17) is 16.6 Å². The van der Waals surface area contributed by atoms with E-state index in [9.17, 15) is 0 Å². The van der Waals surface area contributed by atoms with Crippen LogP contribution in [0.1, 0.15) is 18.4 Å². The number of hydrogen-bond donors (Lipinski definition) is 1. The van der Waals surface area contributed by atoms with Crippen LogP contribution in [-0.2, 0) is 6.54 Å². The third-order valence-corrected chi connectivity index (χ3v) is 6.35. The highest BCUT2D eigenvalue weighted by Gasteiger charge is 2.28. The molecular weight excluding hydrogens is 390 g/mol. The minimum Gasteiger partial charge on any atom is -0.336 e. The zero-order valence-electron chi connectivity index (χ0n) is 17.0. The number of fused-ring (bicyclic) bond motifs is 2. The first-order valence-corrected chi connectivity index (χ1v) is 11.1. The fraction of sp³-hybridized carbons (Fsp3) is 0.269. The van der Waals surface area contributed by atoms with Crippen molar-refractivity contribution in [1.82, 2.24) is 5.32 Å². The van der Waals surface area contributed by atoms with Gasteiger partial charge >= 0.3 is 0 Å².